The fraction of sp³-hybridized carbons (Fsp3) is 0.455. The molecule has 0 spiro atoms. The number of nitrogens with zero attached hydrogens (tertiary/aromatic N) is 5. The number of rotatable bonds is 7. The second kappa shape index (κ2) is 11.0. The number of anilines is 3. The molecule has 12 nitrogen and oxygen atoms in total. The standard InChI is InChI=1S/C22H26ClN7O5/c23-15-1-2-16-17(13-15)35-22(24-16)28-21(31)26-18-14-19(34-12-5-29-3-8-32-9-4-29)27-20(25-18)30-6-10-33-11-7-30/h1-2,13-14H,3-12H2,(H2,24,25,26,27,28,31). The van der Waals surface area contributed by atoms with Gasteiger partial charge in [0.25, 0.3) is 0 Å². The lowest BCUT2D eigenvalue weighted by molar-refractivity contribution is 0.0320. The van der Waals surface area contributed by atoms with E-state index in [9.17, 15) is 4.79 Å². The maximum atomic E-state index is 12.6. The van der Waals surface area contributed by atoms with E-state index in [0.29, 0.717) is 66.7 Å². The number of oxazole rings is 1. The number of carbonyl (C=O) groups excluding carboxylic acids is 1. The number of halogens is 1. The molecule has 2 aliphatic rings. The first kappa shape index (κ1) is 23.5. The molecule has 2 saturated heterocycles. The molecule has 2 amide bonds. The lowest BCUT2D eigenvalue weighted by Crippen LogP contribution is -2.39. The Labute approximate surface area is 206 Å². The Balaban J connectivity index is 1.27. The highest BCUT2D eigenvalue weighted by Crippen LogP contribution is 2.23. The molecule has 2 aliphatic heterocycles. The first-order valence-corrected chi connectivity index (χ1v) is 11.8. The van der Waals surface area contributed by atoms with Crippen LogP contribution in [-0.4, -0.2) is 91.6 Å². The Kier molecular flexibility index (Phi) is 7.42. The van der Waals surface area contributed by atoms with Crippen LogP contribution in [0.4, 0.5) is 22.6 Å². The van der Waals surface area contributed by atoms with Gasteiger partial charge in [-0.25, -0.2) is 4.79 Å². The molecule has 0 saturated carbocycles. The molecule has 0 unspecified atom stereocenters. The molecule has 1 aromatic carbocycles. The summed E-state index contributed by atoms with van der Waals surface area (Å²) < 4.78 is 22.3. The van der Waals surface area contributed by atoms with Crippen molar-refractivity contribution >= 4 is 46.5 Å². The second-order valence-electron chi connectivity index (χ2n) is 8.00. The quantitative estimate of drug-likeness (QED) is 0.496. The van der Waals surface area contributed by atoms with Crippen molar-refractivity contribution in [2.75, 3.05) is 81.3 Å². The van der Waals surface area contributed by atoms with Crippen LogP contribution in [0.2, 0.25) is 5.02 Å². The van der Waals surface area contributed by atoms with Crippen LogP contribution in [0.1, 0.15) is 0 Å². The molecule has 13 heteroatoms. The summed E-state index contributed by atoms with van der Waals surface area (Å²) in [5.74, 6) is 1.13. The van der Waals surface area contributed by atoms with Gasteiger partial charge < -0.3 is 23.5 Å². The van der Waals surface area contributed by atoms with Crippen LogP contribution in [0.3, 0.4) is 0 Å². The first-order valence-electron chi connectivity index (χ1n) is 11.4. The van der Waals surface area contributed by atoms with Crippen molar-refractivity contribution in [2.24, 2.45) is 0 Å². The minimum atomic E-state index is -0.562. The van der Waals surface area contributed by atoms with Gasteiger partial charge in [-0.05, 0) is 12.1 Å². The van der Waals surface area contributed by atoms with E-state index < -0.39 is 6.03 Å². The van der Waals surface area contributed by atoms with Crippen LogP contribution in [0.15, 0.2) is 28.7 Å². The fourth-order valence-electron chi connectivity index (χ4n) is 3.76. The monoisotopic (exact) mass is 503 g/mol. The predicted molar refractivity (Wildman–Crippen MR) is 129 cm³/mol. The average molecular weight is 504 g/mol. The first-order chi connectivity index (χ1) is 17.1. The van der Waals surface area contributed by atoms with Crippen LogP contribution >= 0.6 is 11.6 Å². The van der Waals surface area contributed by atoms with Gasteiger partial charge in [0, 0.05) is 49.9 Å². The molecule has 0 aliphatic carbocycles. The third-order valence-electron chi connectivity index (χ3n) is 5.56. The summed E-state index contributed by atoms with van der Waals surface area (Å²) in [5, 5.41) is 5.81. The number of morpholine rings is 2. The normalized spacial score (nSPS) is 16.9. The van der Waals surface area contributed by atoms with Crippen molar-refractivity contribution < 1.29 is 23.4 Å². The Bertz CT molecular complexity index is 1160. The fourth-order valence-corrected chi connectivity index (χ4v) is 3.92. The molecule has 5 rings (SSSR count). The molecule has 2 N–H and O–H groups in total. The summed E-state index contributed by atoms with van der Waals surface area (Å²) in [6.07, 6.45) is 0. The number of urea groups is 1. The topological polar surface area (TPSA) is 127 Å². The summed E-state index contributed by atoms with van der Waals surface area (Å²) in [7, 11) is 0. The second-order valence-corrected chi connectivity index (χ2v) is 8.44. The molecule has 3 aromatic rings. The Morgan fingerprint density at radius 3 is 2.57 bits per heavy atom. The Hall–Kier alpha value is -3.19. The number of amides is 2. The molecular formula is C22H26ClN7O5. The van der Waals surface area contributed by atoms with Crippen LogP contribution in [0.5, 0.6) is 5.88 Å². The van der Waals surface area contributed by atoms with E-state index >= 15 is 0 Å². The van der Waals surface area contributed by atoms with Crippen molar-refractivity contribution in [1.82, 2.24) is 19.9 Å². The van der Waals surface area contributed by atoms with Crippen LogP contribution in [0, 0.1) is 0 Å². The van der Waals surface area contributed by atoms with E-state index in [1.54, 1.807) is 24.3 Å². The molecule has 186 valence electrons. The lowest BCUT2D eigenvalue weighted by atomic mass is 10.3. The smallest absolute Gasteiger partial charge is 0.328 e. The Morgan fingerprint density at radius 2 is 1.77 bits per heavy atom. The summed E-state index contributed by atoms with van der Waals surface area (Å²) in [6, 6.07) is 6.12. The molecular weight excluding hydrogens is 478 g/mol. The van der Waals surface area contributed by atoms with Crippen molar-refractivity contribution in [1.29, 1.82) is 0 Å². The van der Waals surface area contributed by atoms with Gasteiger partial charge in [0.1, 0.15) is 17.9 Å². The van der Waals surface area contributed by atoms with Crippen LogP contribution in [0.25, 0.3) is 11.1 Å². The number of ether oxygens (including phenoxy) is 3. The van der Waals surface area contributed by atoms with Gasteiger partial charge in [0.05, 0.1) is 26.4 Å². The number of aromatic nitrogens is 3. The van der Waals surface area contributed by atoms with Gasteiger partial charge in [-0.1, -0.05) is 11.6 Å². The number of hydrogen-bond acceptors (Lipinski definition) is 10. The highest BCUT2D eigenvalue weighted by atomic mass is 35.5. The van der Waals surface area contributed by atoms with Gasteiger partial charge in [0.2, 0.25) is 11.8 Å². The van der Waals surface area contributed by atoms with Crippen molar-refractivity contribution in [3.05, 3.63) is 29.3 Å². The number of hydrogen-bond donors (Lipinski definition) is 2. The third kappa shape index (κ3) is 6.28. The van der Waals surface area contributed by atoms with E-state index in [1.807, 2.05) is 4.90 Å². The number of nitrogens with one attached hydrogen (secondary N) is 2. The maximum Gasteiger partial charge on any atom is 0.328 e. The van der Waals surface area contributed by atoms with Gasteiger partial charge in [-0.3, -0.25) is 15.5 Å². The van der Waals surface area contributed by atoms with Gasteiger partial charge >= 0.3 is 12.0 Å². The minimum Gasteiger partial charge on any atom is -0.476 e. The highest BCUT2D eigenvalue weighted by molar-refractivity contribution is 6.31. The number of benzene rings is 1. The molecule has 0 radical (unpaired) electrons. The van der Waals surface area contributed by atoms with Gasteiger partial charge in [-0.15, -0.1) is 0 Å². The van der Waals surface area contributed by atoms with Crippen molar-refractivity contribution in [3.63, 3.8) is 0 Å². The third-order valence-corrected chi connectivity index (χ3v) is 5.79. The molecule has 35 heavy (non-hydrogen) atoms. The largest absolute Gasteiger partial charge is 0.476 e. The molecule has 2 aromatic heterocycles. The zero-order chi connectivity index (χ0) is 24.0. The summed E-state index contributed by atoms with van der Waals surface area (Å²) in [6.45, 7) is 6.87. The van der Waals surface area contributed by atoms with E-state index in [1.165, 1.54) is 0 Å². The van der Waals surface area contributed by atoms with Crippen molar-refractivity contribution in [2.45, 2.75) is 0 Å². The SMILES string of the molecule is O=C(Nc1cc(OCCN2CCOCC2)nc(N2CCOCC2)n1)Nc1nc2ccc(Cl)cc2o1. The van der Waals surface area contributed by atoms with Crippen LogP contribution in [-0.2, 0) is 9.47 Å². The predicted octanol–water partition coefficient (Wildman–Crippen LogP) is 2.46. The van der Waals surface area contributed by atoms with E-state index in [0.717, 1.165) is 32.8 Å². The van der Waals surface area contributed by atoms with E-state index in [4.69, 9.17) is 30.2 Å². The Morgan fingerprint density at radius 1 is 1.00 bits per heavy atom. The van der Waals surface area contributed by atoms with Gasteiger partial charge in [0.15, 0.2) is 5.58 Å². The summed E-state index contributed by atoms with van der Waals surface area (Å²) in [5.41, 5.74) is 1.05. The summed E-state index contributed by atoms with van der Waals surface area (Å²) >= 11 is 5.98. The molecule has 4 heterocycles. The van der Waals surface area contributed by atoms with E-state index in [-0.39, 0.29) is 6.01 Å². The highest BCUT2D eigenvalue weighted by Gasteiger charge is 2.18. The zero-order valence-corrected chi connectivity index (χ0v) is 19.8. The average Bonchev–Trinajstić information content (AvgIpc) is 3.26. The van der Waals surface area contributed by atoms with Crippen molar-refractivity contribution in [3.8, 4) is 5.88 Å². The zero-order valence-electron chi connectivity index (χ0n) is 19.0. The summed E-state index contributed by atoms with van der Waals surface area (Å²) in [4.78, 5) is 30.2. The molecule has 2 fully saturated rings. The number of carbonyl (C=O) groups is 1. The molecule has 0 bridgehead atoms. The number of fused-ring (bicyclic) bond motifs is 1. The van der Waals surface area contributed by atoms with Crippen LogP contribution < -0.4 is 20.3 Å². The maximum absolute atomic E-state index is 12.6. The van der Waals surface area contributed by atoms with E-state index in [2.05, 4.69) is 30.5 Å². The molecule has 0 atom stereocenters. The minimum absolute atomic E-state index is 0.0456. The lowest BCUT2D eigenvalue weighted by Gasteiger charge is -2.27. The van der Waals surface area contributed by atoms with Gasteiger partial charge in [-0.2, -0.15) is 15.0 Å².